The van der Waals surface area contributed by atoms with Crippen LogP contribution in [0.1, 0.15) is 5.56 Å². The molecule has 0 saturated carbocycles. The van der Waals surface area contributed by atoms with Gasteiger partial charge in [0.25, 0.3) is 5.69 Å². The molecule has 25 heavy (non-hydrogen) atoms. The maximum absolute atomic E-state index is 10.7. The molecule has 1 heterocycles. The number of non-ortho nitro benzene ring substituents is 1. The van der Waals surface area contributed by atoms with Crippen molar-refractivity contribution >= 4 is 28.4 Å². The van der Waals surface area contributed by atoms with Gasteiger partial charge in [-0.25, -0.2) is 4.98 Å². The van der Waals surface area contributed by atoms with E-state index in [9.17, 15) is 10.1 Å². The van der Waals surface area contributed by atoms with Crippen LogP contribution >= 0.6 is 11.3 Å². The first-order valence-electron chi connectivity index (χ1n) is 7.29. The Hall–Kier alpha value is -3.26. The summed E-state index contributed by atoms with van der Waals surface area (Å²) >= 11 is 1.40. The zero-order valence-electron chi connectivity index (χ0n) is 13.2. The summed E-state index contributed by atoms with van der Waals surface area (Å²) in [7, 11) is 1.61. The lowest BCUT2D eigenvalue weighted by atomic mass is 10.1. The molecule has 0 atom stereocenters. The Bertz CT molecular complexity index is 906. The minimum Gasteiger partial charge on any atom is -0.497 e. The molecule has 0 saturated heterocycles. The quantitative estimate of drug-likeness (QED) is 0.407. The molecule has 0 aliphatic heterocycles. The van der Waals surface area contributed by atoms with Gasteiger partial charge in [-0.3, -0.25) is 15.5 Å². The molecule has 0 aliphatic carbocycles. The van der Waals surface area contributed by atoms with E-state index in [2.05, 4.69) is 15.5 Å². The third-order valence-corrected chi connectivity index (χ3v) is 4.09. The molecule has 0 fully saturated rings. The number of nitrogens with zero attached hydrogens (tertiary/aromatic N) is 3. The summed E-state index contributed by atoms with van der Waals surface area (Å²) in [6.07, 6.45) is 1.68. The Balaban J connectivity index is 1.67. The summed E-state index contributed by atoms with van der Waals surface area (Å²) in [5, 5.41) is 17.3. The summed E-state index contributed by atoms with van der Waals surface area (Å²) in [6.45, 7) is 0. The van der Waals surface area contributed by atoms with Gasteiger partial charge in [0, 0.05) is 23.1 Å². The van der Waals surface area contributed by atoms with Gasteiger partial charge in [0.1, 0.15) is 5.75 Å². The number of methoxy groups -OCH3 is 1. The van der Waals surface area contributed by atoms with E-state index in [1.165, 1.54) is 23.5 Å². The molecule has 1 aromatic heterocycles. The van der Waals surface area contributed by atoms with Gasteiger partial charge in [-0.15, -0.1) is 11.3 Å². The SMILES string of the molecule is COc1cccc(/C=N/Nc2nc(-c3ccc([N+](=O)[O-])cc3)cs2)c1. The smallest absolute Gasteiger partial charge is 0.269 e. The third-order valence-electron chi connectivity index (χ3n) is 3.35. The third kappa shape index (κ3) is 4.18. The van der Waals surface area contributed by atoms with E-state index in [1.807, 2.05) is 29.6 Å². The number of hydrazone groups is 1. The lowest BCUT2D eigenvalue weighted by Gasteiger charge is -1.99. The summed E-state index contributed by atoms with van der Waals surface area (Å²) in [5.74, 6) is 0.763. The second kappa shape index (κ2) is 7.54. The van der Waals surface area contributed by atoms with Crippen LogP contribution in [0.4, 0.5) is 10.8 Å². The second-order valence-corrected chi connectivity index (χ2v) is 5.85. The van der Waals surface area contributed by atoms with Crippen molar-refractivity contribution in [1.29, 1.82) is 0 Å². The number of benzene rings is 2. The Morgan fingerprint density at radius 1 is 1.28 bits per heavy atom. The van der Waals surface area contributed by atoms with E-state index < -0.39 is 4.92 Å². The number of ether oxygens (including phenoxy) is 1. The van der Waals surface area contributed by atoms with Crippen molar-refractivity contribution in [2.45, 2.75) is 0 Å². The number of aromatic nitrogens is 1. The van der Waals surface area contributed by atoms with Crippen LogP contribution in [0.25, 0.3) is 11.3 Å². The standard InChI is InChI=1S/C17H14N4O3S/c1-24-15-4-2-3-12(9-15)10-18-20-17-19-16(11-25-17)13-5-7-14(8-6-13)21(22)23/h2-11H,1H3,(H,19,20)/b18-10+. The average molecular weight is 354 g/mol. The molecule has 0 amide bonds. The number of thiazole rings is 1. The maximum Gasteiger partial charge on any atom is 0.269 e. The van der Waals surface area contributed by atoms with Gasteiger partial charge in [-0.05, 0) is 29.8 Å². The Morgan fingerprint density at radius 2 is 2.08 bits per heavy atom. The van der Waals surface area contributed by atoms with Gasteiger partial charge in [0.15, 0.2) is 0 Å². The molecule has 7 nitrogen and oxygen atoms in total. The summed E-state index contributed by atoms with van der Waals surface area (Å²) < 4.78 is 5.16. The van der Waals surface area contributed by atoms with Crippen LogP contribution in [-0.2, 0) is 0 Å². The molecular weight excluding hydrogens is 340 g/mol. The van der Waals surface area contributed by atoms with Gasteiger partial charge < -0.3 is 4.74 Å². The van der Waals surface area contributed by atoms with Gasteiger partial charge >= 0.3 is 0 Å². The summed E-state index contributed by atoms with van der Waals surface area (Å²) in [5.41, 5.74) is 5.38. The number of nitrogens with one attached hydrogen (secondary N) is 1. The van der Waals surface area contributed by atoms with Gasteiger partial charge in [0.05, 0.1) is 23.9 Å². The average Bonchev–Trinajstić information content (AvgIpc) is 3.11. The lowest BCUT2D eigenvalue weighted by molar-refractivity contribution is -0.384. The normalized spacial score (nSPS) is 10.8. The minimum absolute atomic E-state index is 0.0558. The van der Waals surface area contributed by atoms with Crippen LogP contribution in [0.15, 0.2) is 59.0 Å². The number of hydrogen-bond donors (Lipinski definition) is 1. The van der Waals surface area contributed by atoms with Crippen molar-refractivity contribution in [1.82, 2.24) is 4.98 Å². The first-order valence-corrected chi connectivity index (χ1v) is 8.17. The Labute approximate surface area is 147 Å². The van der Waals surface area contributed by atoms with Gasteiger partial charge in [0.2, 0.25) is 5.13 Å². The highest BCUT2D eigenvalue weighted by Gasteiger charge is 2.07. The van der Waals surface area contributed by atoms with Crippen LogP contribution in [0, 0.1) is 10.1 Å². The number of rotatable bonds is 6. The molecular formula is C17H14N4O3S. The highest BCUT2D eigenvalue weighted by molar-refractivity contribution is 7.14. The zero-order chi connectivity index (χ0) is 17.6. The van der Waals surface area contributed by atoms with E-state index >= 15 is 0 Å². The summed E-state index contributed by atoms with van der Waals surface area (Å²) in [6, 6.07) is 13.8. The van der Waals surface area contributed by atoms with E-state index in [0.717, 1.165) is 22.6 Å². The summed E-state index contributed by atoms with van der Waals surface area (Å²) in [4.78, 5) is 14.7. The second-order valence-electron chi connectivity index (χ2n) is 4.99. The zero-order valence-corrected chi connectivity index (χ0v) is 14.1. The lowest BCUT2D eigenvalue weighted by Crippen LogP contribution is -1.91. The first-order chi connectivity index (χ1) is 12.2. The monoisotopic (exact) mass is 354 g/mol. The topological polar surface area (TPSA) is 89.7 Å². The number of anilines is 1. The number of nitro benzene ring substituents is 1. The molecule has 2 aromatic carbocycles. The molecule has 0 aliphatic rings. The molecule has 0 spiro atoms. The van der Waals surface area contributed by atoms with Crippen molar-refractivity contribution in [3.63, 3.8) is 0 Å². The fraction of sp³-hybridized carbons (Fsp3) is 0.0588. The molecule has 8 heteroatoms. The fourth-order valence-electron chi connectivity index (χ4n) is 2.10. The highest BCUT2D eigenvalue weighted by atomic mass is 32.1. The number of nitro groups is 1. The van der Waals surface area contributed by atoms with Crippen LogP contribution < -0.4 is 10.2 Å². The molecule has 0 radical (unpaired) electrons. The maximum atomic E-state index is 10.7. The molecule has 126 valence electrons. The van der Waals surface area contributed by atoms with E-state index in [1.54, 1.807) is 25.5 Å². The minimum atomic E-state index is -0.425. The Kier molecular flexibility index (Phi) is 5.00. The molecule has 3 rings (SSSR count). The molecule has 3 aromatic rings. The van der Waals surface area contributed by atoms with E-state index in [0.29, 0.717) is 5.13 Å². The fourth-order valence-corrected chi connectivity index (χ4v) is 2.76. The molecule has 1 N–H and O–H groups in total. The van der Waals surface area contributed by atoms with E-state index in [4.69, 9.17) is 4.74 Å². The van der Waals surface area contributed by atoms with Gasteiger partial charge in [-0.1, -0.05) is 12.1 Å². The largest absolute Gasteiger partial charge is 0.497 e. The highest BCUT2D eigenvalue weighted by Crippen LogP contribution is 2.26. The van der Waals surface area contributed by atoms with Crippen LogP contribution in [0.5, 0.6) is 5.75 Å². The van der Waals surface area contributed by atoms with Crippen LogP contribution in [-0.4, -0.2) is 23.2 Å². The Morgan fingerprint density at radius 3 is 2.80 bits per heavy atom. The van der Waals surface area contributed by atoms with Crippen molar-refractivity contribution < 1.29 is 9.66 Å². The predicted molar refractivity (Wildman–Crippen MR) is 98.4 cm³/mol. The van der Waals surface area contributed by atoms with Gasteiger partial charge in [-0.2, -0.15) is 5.10 Å². The molecule has 0 unspecified atom stereocenters. The first kappa shape index (κ1) is 16.6. The van der Waals surface area contributed by atoms with E-state index in [-0.39, 0.29) is 5.69 Å². The van der Waals surface area contributed by atoms with Crippen molar-refractivity contribution in [3.05, 3.63) is 69.6 Å². The molecule has 0 bridgehead atoms. The van der Waals surface area contributed by atoms with Crippen molar-refractivity contribution in [2.75, 3.05) is 12.5 Å². The number of hydrogen-bond acceptors (Lipinski definition) is 7. The van der Waals surface area contributed by atoms with Crippen molar-refractivity contribution in [3.8, 4) is 17.0 Å². The van der Waals surface area contributed by atoms with Crippen LogP contribution in [0.3, 0.4) is 0 Å². The predicted octanol–water partition coefficient (Wildman–Crippen LogP) is 4.17. The van der Waals surface area contributed by atoms with Crippen molar-refractivity contribution in [2.24, 2.45) is 5.10 Å². The van der Waals surface area contributed by atoms with Crippen LogP contribution in [0.2, 0.25) is 0 Å².